The molecule has 2 N–H and O–H groups in total. The Balaban J connectivity index is 2.11. The lowest BCUT2D eigenvalue weighted by Crippen LogP contribution is -2.03. The van der Waals surface area contributed by atoms with Gasteiger partial charge in [-0.25, -0.2) is 4.98 Å². The molecule has 0 radical (unpaired) electrons. The maximum Gasteiger partial charge on any atom is 0.248 e. The molecular weight excluding hydrogens is 278 g/mol. The monoisotopic (exact) mass is 291 g/mol. The van der Waals surface area contributed by atoms with E-state index >= 15 is 0 Å². The molecule has 3 heterocycles. The van der Waals surface area contributed by atoms with Crippen LogP contribution < -0.4 is 5.56 Å². The number of aromatic amines is 1. The van der Waals surface area contributed by atoms with Crippen molar-refractivity contribution in [2.45, 2.75) is 6.92 Å². The van der Waals surface area contributed by atoms with Crippen LogP contribution in [0, 0.1) is 6.92 Å². The van der Waals surface area contributed by atoms with E-state index < -0.39 is 0 Å². The summed E-state index contributed by atoms with van der Waals surface area (Å²) in [6.45, 7) is 2.00. The lowest BCUT2D eigenvalue weighted by atomic mass is 10.0. The lowest BCUT2D eigenvalue weighted by Gasteiger charge is -2.06. The summed E-state index contributed by atoms with van der Waals surface area (Å²) in [7, 11) is 0. The van der Waals surface area contributed by atoms with Crippen LogP contribution in [0.25, 0.3) is 27.8 Å². The fourth-order valence-electron chi connectivity index (χ4n) is 2.82. The third-order valence-corrected chi connectivity index (χ3v) is 3.90. The van der Waals surface area contributed by atoms with E-state index in [0.717, 1.165) is 28.0 Å². The first-order valence-corrected chi connectivity index (χ1v) is 6.94. The summed E-state index contributed by atoms with van der Waals surface area (Å²) >= 11 is 0. The first-order valence-electron chi connectivity index (χ1n) is 6.94. The summed E-state index contributed by atoms with van der Waals surface area (Å²) < 4.78 is 2.01. The molecule has 0 saturated carbocycles. The van der Waals surface area contributed by atoms with Crippen LogP contribution in [0.15, 0.2) is 53.5 Å². The summed E-state index contributed by atoms with van der Waals surface area (Å²) in [5.74, 6) is 0.0536. The van der Waals surface area contributed by atoms with Gasteiger partial charge in [0, 0.05) is 28.9 Å². The van der Waals surface area contributed by atoms with Crippen molar-refractivity contribution < 1.29 is 5.11 Å². The van der Waals surface area contributed by atoms with Gasteiger partial charge in [-0.3, -0.25) is 4.79 Å². The van der Waals surface area contributed by atoms with E-state index in [1.165, 1.54) is 6.07 Å². The van der Waals surface area contributed by atoms with Crippen LogP contribution in [0.2, 0.25) is 0 Å². The molecule has 0 aliphatic heterocycles. The number of nitrogens with zero attached hydrogens (tertiary/aromatic N) is 2. The average Bonchev–Trinajstić information content (AvgIpc) is 2.86. The van der Waals surface area contributed by atoms with Crippen molar-refractivity contribution in [3.63, 3.8) is 0 Å². The number of aromatic nitrogens is 3. The number of hydrogen-bond acceptors (Lipinski definition) is 3. The fourth-order valence-corrected chi connectivity index (χ4v) is 2.82. The lowest BCUT2D eigenvalue weighted by molar-refractivity contribution is 0.480. The summed E-state index contributed by atoms with van der Waals surface area (Å²) in [4.78, 5) is 18.9. The number of aryl methyl sites for hydroxylation is 1. The normalized spacial score (nSPS) is 11.3. The number of nitrogens with one attached hydrogen (secondary N) is 1. The second-order valence-corrected chi connectivity index (χ2v) is 5.22. The van der Waals surface area contributed by atoms with Gasteiger partial charge >= 0.3 is 0 Å². The van der Waals surface area contributed by atoms with Crippen LogP contribution in [0.3, 0.4) is 0 Å². The van der Waals surface area contributed by atoms with Gasteiger partial charge in [0.1, 0.15) is 11.4 Å². The van der Waals surface area contributed by atoms with Crippen LogP contribution in [0.4, 0.5) is 0 Å². The summed E-state index contributed by atoms with van der Waals surface area (Å²) in [6, 6.07) is 12.4. The molecule has 0 spiro atoms. The van der Waals surface area contributed by atoms with Crippen LogP contribution in [0.5, 0.6) is 5.75 Å². The number of phenolic OH excluding ortho intramolecular Hbond substituents is 1. The SMILES string of the molecule is Cc1c(-c2ccc(O)c3[nH]c(=O)ccc23)nc2ccccn12. The molecule has 4 rings (SSSR count). The van der Waals surface area contributed by atoms with E-state index in [-0.39, 0.29) is 11.3 Å². The van der Waals surface area contributed by atoms with Crippen molar-refractivity contribution in [3.8, 4) is 17.0 Å². The Labute approximate surface area is 125 Å². The minimum absolute atomic E-state index is 0.0536. The average molecular weight is 291 g/mol. The predicted octanol–water partition coefficient (Wildman–Crippen LogP) is 2.86. The Bertz CT molecular complexity index is 1080. The number of hydrogen-bond donors (Lipinski definition) is 2. The number of pyridine rings is 2. The molecule has 4 aromatic rings. The Morgan fingerprint density at radius 3 is 2.82 bits per heavy atom. The minimum atomic E-state index is -0.244. The molecule has 5 heteroatoms. The third kappa shape index (κ3) is 1.72. The van der Waals surface area contributed by atoms with Gasteiger partial charge in [-0.05, 0) is 37.3 Å². The van der Waals surface area contributed by atoms with Crippen molar-refractivity contribution in [1.29, 1.82) is 0 Å². The van der Waals surface area contributed by atoms with E-state index in [1.807, 2.05) is 41.8 Å². The summed E-state index contributed by atoms with van der Waals surface area (Å²) in [5, 5.41) is 10.7. The van der Waals surface area contributed by atoms with Gasteiger partial charge in [0.25, 0.3) is 0 Å². The molecule has 0 bridgehead atoms. The molecule has 108 valence electrons. The molecule has 5 nitrogen and oxygen atoms in total. The van der Waals surface area contributed by atoms with Gasteiger partial charge in [-0.1, -0.05) is 6.07 Å². The highest BCUT2D eigenvalue weighted by molar-refractivity contribution is 5.97. The van der Waals surface area contributed by atoms with Gasteiger partial charge in [0.05, 0.1) is 11.2 Å². The number of imidazole rings is 1. The van der Waals surface area contributed by atoms with Crippen LogP contribution in [0.1, 0.15) is 5.69 Å². The largest absolute Gasteiger partial charge is 0.506 e. The Morgan fingerprint density at radius 2 is 2.00 bits per heavy atom. The van der Waals surface area contributed by atoms with Crippen LogP contribution in [-0.4, -0.2) is 19.5 Å². The number of H-pyrrole nitrogens is 1. The standard InChI is InChI=1S/C17H13N3O2/c1-10-16(18-14-4-2-3-9-20(10)14)11-5-7-13(21)17-12(11)6-8-15(22)19-17/h2-9,21H,1H3,(H,19,22). The van der Waals surface area contributed by atoms with Gasteiger partial charge in [-0.2, -0.15) is 0 Å². The van der Waals surface area contributed by atoms with Crippen molar-refractivity contribution >= 4 is 16.6 Å². The van der Waals surface area contributed by atoms with Gasteiger partial charge in [0.15, 0.2) is 0 Å². The smallest absolute Gasteiger partial charge is 0.248 e. The predicted molar refractivity (Wildman–Crippen MR) is 85.2 cm³/mol. The molecule has 3 aromatic heterocycles. The van der Waals surface area contributed by atoms with Gasteiger partial charge in [0.2, 0.25) is 5.56 Å². The fraction of sp³-hybridized carbons (Fsp3) is 0.0588. The van der Waals surface area contributed by atoms with E-state index in [0.29, 0.717) is 5.52 Å². The Morgan fingerprint density at radius 1 is 1.14 bits per heavy atom. The summed E-state index contributed by atoms with van der Waals surface area (Å²) in [5.41, 5.74) is 3.77. The molecule has 0 aliphatic rings. The summed E-state index contributed by atoms with van der Waals surface area (Å²) in [6.07, 6.45) is 1.96. The Hall–Kier alpha value is -3.08. The second-order valence-electron chi connectivity index (χ2n) is 5.22. The highest BCUT2D eigenvalue weighted by atomic mass is 16.3. The molecule has 0 unspecified atom stereocenters. The third-order valence-electron chi connectivity index (χ3n) is 3.90. The first kappa shape index (κ1) is 12.6. The quantitative estimate of drug-likeness (QED) is 0.566. The highest BCUT2D eigenvalue weighted by Crippen LogP contribution is 2.33. The van der Waals surface area contributed by atoms with Gasteiger partial charge in [-0.15, -0.1) is 0 Å². The number of benzene rings is 1. The molecule has 0 saturated heterocycles. The molecular formula is C17H13N3O2. The maximum atomic E-state index is 11.5. The zero-order valence-electron chi connectivity index (χ0n) is 11.9. The highest BCUT2D eigenvalue weighted by Gasteiger charge is 2.14. The van der Waals surface area contributed by atoms with Crippen LogP contribution >= 0.6 is 0 Å². The molecule has 0 fully saturated rings. The van der Waals surface area contributed by atoms with Crippen LogP contribution in [-0.2, 0) is 0 Å². The van der Waals surface area contributed by atoms with Gasteiger partial charge < -0.3 is 14.5 Å². The van der Waals surface area contributed by atoms with Crippen molar-refractivity contribution in [1.82, 2.24) is 14.4 Å². The number of aromatic hydroxyl groups is 1. The van der Waals surface area contributed by atoms with E-state index in [2.05, 4.69) is 9.97 Å². The zero-order chi connectivity index (χ0) is 15.3. The molecule has 0 amide bonds. The second kappa shape index (κ2) is 4.46. The zero-order valence-corrected chi connectivity index (χ0v) is 11.9. The minimum Gasteiger partial charge on any atom is -0.506 e. The van der Waals surface area contributed by atoms with Crippen molar-refractivity contribution in [2.24, 2.45) is 0 Å². The topological polar surface area (TPSA) is 70.4 Å². The molecule has 0 atom stereocenters. The number of phenols is 1. The maximum absolute atomic E-state index is 11.5. The van der Waals surface area contributed by atoms with Crippen molar-refractivity contribution in [2.75, 3.05) is 0 Å². The van der Waals surface area contributed by atoms with Crippen molar-refractivity contribution in [3.05, 3.63) is 64.7 Å². The van der Waals surface area contributed by atoms with E-state index in [4.69, 9.17) is 0 Å². The number of rotatable bonds is 1. The Kier molecular flexibility index (Phi) is 2.56. The van der Waals surface area contributed by atoms with E-state index in [1.54, 1.807) is 12.1 Å². The number of fused-ring (bicyclic) bond motifs is 2. The molecule has 0 aliphatic carbocycles. The van der Waals surface area contributed by atoms with E-state index in [9.17, 15) is 9.90 Å². The first-order chi connectivity index (χ1) is 10.6. The molecule has 22 heavy (non-hydrogen) atoms. The molecule has 1 aromatic carbocycles.